The number of benzene rings is 1. The molecular formula is C16H21N3O3. The van der Waals surface area contributed by atoms with E-state index < -0.39 is 11.7 Å². The van der Waals surface area contributed by atoms with Gasteiger partial charge in [0.1, 0.15) is 11.3 Å². The highest BCUT2D eigenvalue weighted by Crippen LogP contribution is 2.15. The molecule has 0 saturated carbocycles. The molecule has 118 valence electrons. The number of aromatic nitrogens is 2. The standard InChI is InChI=1S/C16H21N3O3/c1-11-13(17-15(21)22-16(2,3)4)14(20)19(18(11)5)12-9-7-6-8-10-12/h6-10H,1-5H3,(H,17,21). The molecule has 1 heterocycles. The molecule has 0 radical (unpaired) electrons. The highest BCUT2D eigenvalue weighted by atomic mass is 16.6. The maximum absolute atomic E-state index is 12.6. The van der Waals surface area contributed by atoms with Crippen LogP contribution in [0.2, 0.25) is 0 Å². The molecule has 2 aromatic rings. The number of hydrogen-bond acceptors (Lipinski definition) is 3. The Morgan fingerprint density at radius 3 is 2.32 bits per heavy atom. The number of rotatable bonds is 2. The van der Waals surface area contributed by atoms with Crippen LogP contribution in [-0.4, -0.2) is 21.1 Å². The first-order valence-electron chi connectivity index (χ1n) is 7.05. The molecule has 6 nitrogen and oxygen atoms in total. The molecule has 0 aliphatic rings. The lowest BCUT2D eigenvalue weighted by Crippen LogP contribution is -2.29. The molecule has 0 saturated heterocycles. The number of ether oxygens (including phenoxy) is 1. The normalized spacial score (nSPS) is 11.3. The molecule has 1 aromatic heterocycles. The van der Waals surface area contributed by atoms with Gasteiger partial charge in [0.15, 0.2) is 0 Å². The first-order chi connectivity index (χ1) is 10.2. The number of hydrogen-bond donors (Lipinski definition) is 1. The summed E-state index contributed by atoms with van der Waals surface area (Å²) in [6.45, 7) is 7.08. The Kier molecular flexibility index (Phi) is 4.12. The van der Waals surface area contributed by atoms with Crippen molar-refractivity contribution in [2.75, 3.05) is 5.32 Å². The van der Waals surface area contributed by atoms with Gasteiger partial charge in [-0.25, -0.2) is 9.48 Å². The van der Waals surface area contributed by atoms with Crippen molar-refractivity contribution in [1.82, 2.24) is 9.36 Å². The lowest BCUT2D eigenvalue weighted by molar-refractivity contribution is 0.0635. The van der Waals surface area contributed by atoms with Crippen molar-refractivity contribution in [3.8, 4) is 5.69 Å². The SMILES string of the molecule is Cc1c(NC(=O)OC(C)(C)C)c(=O)n(-c2ccccc2)n1C. The number of amides is 1. The predicted molar refractivity (Wildman–Crippen MR) is 85.6 cm³/mol. The highest BCUT2D eigenvalue weighted by molar-refractivity contribution is 5.85. The summed E-state index contributed by atoms with van der Waals surface area (Å²) in [6, 6.07) is 9.25. The molecule has 22 heavy (non-hydrogen) atoms. The van der Waals surface area contributed by atoms with Crippen LogP contribution in [0, 0.1) is 6.92 Å². The summed E-state index contributed by atoms with van der Waals surface area (Å²) in [7, 11) is 1.77. The van der Waals surface area contributed by atoms with Gasteiger partial charge in [0, 0.05) is 7.05 Å². The molecule has 0 bridgehead atoms. The van der Waals surface area contributed by atoms with E-state index in [1.165, 1.54) is 4.68 Å². The minimum atomic E-state index is -0.640. The van der Waals surface area contributed by atoms with Gasteiger partial charge in [0.25, 0.3) is 5.56 Å². The lowest BCUT2D eigenvalue weighted by atomic mass is 10.2. The molecular weight excluding hydrogens is 282 g/mol. The van der Waals surface area contributed by atoms with Crippen molar-refractivity contribution in [3.63, 3.8) is 0 Å². The van der Waals surface area contributed by atoms with Crippen LogP contribution in [0.15, 0.2) is 35.1 Å². The average Bonchev–Trinajstić information content (AvgIpc) is 2.62. The Hall–Kier alpha value is -2.50. The zero-order chi connectivity index (χ0) is 16.5. The fourth-order valence-corrected chi connectivity index (χ4v) is 2.12. The van der Waals surface area contributed by atoms with Gasteiger partial charge in [0.05, 0.1) is 11.4 Å². The molecule has 6 heteroatoms. The van der Waals surface area contributed by atoms with E-state index in [1.54, 1.807) is 39.4 Å². The summed E-state index contributed by atoms with van der Waals surface area (Å²) in [5, 5.41) is 2.55. The van der Waals surface area contributed by atoms with Gasteiger partial charge >= 0.3 is 6.09 Å². The van der Waals surface area contributed by atoms with E-state index in [1.807, 2.05) is 30.3 Å². The molecule has 0 aliphatic carbocycles. The van der Waals surface area contributed by atoms with Gasteiger partial charge in [-0.1, -0.05) is 18.2 Å². The third-order valence-electron chi connectivity index (χ3n) is 3.18. The van der Waals surface area contributed by atoms with Crippen LogP contribution in [-0.2, 0) is 11.8 Å². The van der Waals surface area contributed by atoms with Crippen LogP contribution in [0.1, 0.15) is 26.5 Å². The van der Waals surface area contributed by atoms with Gasteiger partial charge in [-0.2, -0.15) is 0 Å². The van der Waals surface area contributed by atoms with Crippen molar-refractivity contribution in [2.45, 2.75) is 33.3 Å². The fourth-order valence-electron chi connectivity index (χ4n) is 2.12. The molecule has 2 rings (SSSR count). The van der Waals surface area contributed by atoms with Gasteiger partial charge in [0.2, 0.25) is 0 Å². The first-order valence-corrected chi connectivity index (χ1v) is 7.05. The lowest BCUT2D eigenvalue weighted by Gasteiger charge is -2.19. The third-order valence-corrected chi connectivity index (χ3v) is 3.18. The quantitative estimate of drug-likeness (QED) is 0.927. The van der Waals surface area contributed by atoms with E-state index in [-0.39, 0.29) is 11.2 Å². The van der Waals surface area contributed by atoms with Crippen molar-refractivity contribution in [1.29, 1.82) is 0 Å². The number of anilines is 1. The van der Waals surface area contributed by atoms with E-state index in [4.69, 9.17) is 4.74 Å². The highest BCUT2D eigenvalue weighted by Gasteiger charge is 2.21. The predicted octanol–water partition coefficient (Wildman–Crippen LogP) is 2.83. The summed E-state index contributed by atoms with van der Waals surface area (Å²) in [5.41, 5.74) is 0.693. The molecule has 0 aliphatic heterocycles. The first kappa shape index (κ1) is 15.9. The topological polar surface area (TPSA) is 65.3 Å². The number of carbonyl (C=O) groups is 1. The molecule has 1 amide bonds. The molecule has 0 fully saturated rings. The van der Waals surface area contributed by atoms with Crippen LogP contribution in [0.3, 0.4) is 0 Å². The van der Waals surface area contributed by atoms with Crippen LogP contribution in [0.4, 0.5) is 10.5 Å². The van der Waals surface area contributed by atoms with Crippen molar-refractivity contribution >= 4 is 11.8 Å². The zero-order valence-corrected chi connectivity index (χ0v) is 13.5. The van der Waals surface area contributed by atoms with Crippen molar-refractivity contribution < 1.29 is 9.53 Å². The van der Waals surface area contributed by atoms with E-state index in [0.29, 0.717) is 5.69 Å². The smallest absolute Gasteiger partial charge is 0.412 e. The number of nitrogens with one attached hydrogen (secondary N) is 1. The van der Waals surface area contributed by atoms with Crippen LogP contribution in [0.25, 0.3) is 5.69 Å². The Morgan fingerprint density at radius 2 is 1.77 bits per heavy atom. The Balaban J connectivity index is 2.39. The van der Waals surface area contributed by atoms with E-state index >= 15 is 0 Å². The number of carbonyl (C=O) groups excluding carboxylic acids is 1. The van der Waals surface area contributed by atoms with Crippen LogP contribution >= 0.6 is 0 Å². The van der Waals surface area contributed by atoms with E-state index in [9.17, 15) is 9.59 Å². The number of nitrogens with zero attached hydrogens (tertiary/aromatic N) is 2. The summed E-state index contributed by atoms with van der Waals surface area (Å²) in [5.74, 6) is 0. The van der Waals surface area contributed by atoms with Crippen LogP contribution in [0.5, 0.6) is 0 Å². The Morgan fingerprint density at radius 1 is 1.18 bits per heavy atom. The van der Waals surface area contributed by atoms with Crippen LogP contribution < -0.4 is 10.9 Å². The van der Waals surface area contributed by atoms with Crippen molar-refractivity contribution in [3.05, 3.63) is 46.4 Å². The summed E-state index contributed by atoms with van der Waals surface area (Å²) in [4.78, 5) is 24.5. The maximum atomic E-state index is 12.6. The van der Waals surface area contributed by atoms with Gasteiger partial charge in [-0.3, -0.25) is 14.8 Å². The zero-order valence-electron chi connectivity index (χ0n) is 13.5. The fraction of sp³-hybridized carbons (Fsp3) is 0.375. The molecule has 0 atom stereocenters. The Bertz CT molecular complexity index is 736. The molecule has 1 N–H and O–H groups in total. The van der Waals surface area contributed by atoms with Gasteiger partial charge in [-0.15, -0.1) is 0 Å². The summed E-state index contributed by atoms with van der Waals surface area (Å²) < 4.78 is 8.40. The summed E-state index contributed by atoms with van der Waals surface area (Å²) in [6.07, 6.45) is -0.640. The second-order valence-electron chi connectivity index (χ2n) is 6.06. The van der Waals surface area contributed by atoms with Crippen molar-refractivity contribution in [2.24, 2.45) is 7.05 Å². The molecule has 1 aromatic carbocycles. The largest absolute Gasteiger partial charge is 0.444 e. The minimum Gasteiger partial charge on any atom is -0.444 e. The second kappa shape index (κ2) is 5.71. The third kappa shape index (κ3) is 3.21. The monoisotopic (exact) mass is 303 g/mol. The second-order valence-corrected chi connectivity index (χ2v) is 6.06. The van der Waals surface area contributed by atoms with E-state index in [2.05, 4.69) is 5.32 Å². The average molecular weight is 303 g/mol. The minimum absolute atomic E-state index is 0.223. The summed E-state index contributed by atoms with van der Waals surface area (Å²) >= 11 is 0. The Labute approximate surface area is 129 Å². The van der Waals surface area contributed by atoms with Gasteiger partial charge in [-0.05, 0) is 39.8 Å². The van der Waals surface area contributed by atoms with Gasteiger partial charge < -0.3 is 4.74 Å². The molecule has 0 unspecified atom stereocenters. The van der Waals surface area contributed by atoms with E-state index in [0.717, 1.165) is 5.69 Å². The molecule has 0 spiro atoms. The maximum Gasteiger partial charge on any atom is 0.412 e. The number of para-hydroxylation sites is 1.